The molecule has 0 aromatic heterocycles. The molecular weight excluding hydrogens is 384 g/mol. The molecule has 0 unspecified atom stereocenters. The maximum Gasteiger partial charge on any atom is 0.246 e. The number of carbonyl (C=O) groups is 1. The summed E-state index contributed by atoms with van der Waals surface area (Å²) in [5, 5.41) is 14.6. The Balaban J connectivity index is 1.85. The Kier molecular flexibility index (Phi) is 5.36. The van der Waals surface area contributed by atoms with Gasteiger partial charge in [0, 0.05) is 21.9 Å². The number of nitrogens with one attached hydrogen (secondary N) is 1. The molecule has 3 aromatic carbocycles. The predicted octanol–water partition coefficient (Wildman–Crippen LogP) is 4.83. The Morgan fingerprint density at radius 2 is 1.55 bits per heavy atom. The monoisotopic (exact) mass is 404 g/mol. The molecule has 0 aliphatic carbocycles. The fraction of sp³-hybridized carbons (Fsp3) is 0.174. The van der Waals surface area contributed by atoms with Crippen molar-refractivity contribution >= 4 is 23.4 Å². The first-order valence-electron chi connectivity index (χ1n) is 9.37. The van der Waals surface area contributed by atoms with Crippen LogP contribution >= 0.6 is 11.8 Å². The van der Waals surface area contributed by atoms with Crippen molar-refractivity contribution in [3.63, 3.8) is 0 Å². The highest BCUT2D eigenvalue weighted by Crippen LogP contribution is 2.55. The average molecular weight is 404 g/mol. The lowest BCUT2D eigenvalue weighted by molar-refractivity contribution is -0.484. The van der Waals surface area contributed by atoms with Crippen molar-refractivity contribution in [3.05, 3.63) is 112 Å². The quantitative estimate of drug-likeness (QED) is 0.452. The van der Waals surface area contributed by atoms with Gasteiger partial charge in [0.05, 0.1) is 5.92 Å². The number of benzene rings is 3. The SMILES string of the molecule is O=C1Nc2ccccc2[C@]1(SCc1ccccc1)[C@H](C[N+](=O)[O-])c1ccccc1. The summed E-state index contributed by atoms with van der Waals surface area (Å²) in [6.07, 6.45) is 0. The van der Waals surface area contributed by atoms with Crippen molar-refractivity contribution in [2.24, 2.45) is 0 Å². The molecule has 0 saturated heterocycles. The van der Waals surface area contributed by atoms with Gasteiger partial charge in [0.1, 0.15) is 4.75 Å². The van der Waals surface area contributed by atoms with Crippen LogP contribution in [0.15, 0.2) is 84.9 Å². The third-order valence-electron chi connectivity index (χ3n) is 5.25. The van der Waals surface area contributed by atoms with Gasteiger partial charge in [-0.25, -0.2) is 0 Å². The smallest absolute Gasteiger partial charge is 0.246 e. The number of carbonyl (C=O) groups excluding carboxylic acids is 1. The fourth-order valence-corrected chi connectivity index (χ4v) is 5.43. The first-order chi connectivity index (χ1) is 14.1. The summed E-state index contributed by atoms with van der Waals surface area (Å²) in [6, 6.07) is 26.7. The molecule has 1 aliphatic rings. The second kappa shape index (κ2) is 8.09. The summed E-state index contributed by atoms with van der Waals surface area (Å²) >= 11 is 1.46. The Morgan fingerprint density at radius 1 is 0.931 bits per heavy atom. The molecule has 0 saturated carbocycles. The summed E-state index contributed by atoms with van der Waals surface area (Å²) in [4.78, 5) is 24.7. The number of fused-ring (bicyclic) bond motifs is 1. The van der Waals surface area contributed by atoms with Gasteiger partial charge in [0.15, 0.2) is 0 Å². The Morgan fingerprint density at radius 3 is 2.24 bits per heavy atom. The van der Waals surface area contributed by atoms with Gasteiger partial charge in [-0.05, 0) is 17.2 Å². The summed E-state index contributed by atoms with van der Waals surface area (Å²) in [5.74, 6) is -0.227. The van der Waals surface area contributed by atoms with Crippen molar-refractivity contribution in [1.82, 2.24) is 0 Å². The van der Waals surface area contributed by atoms with Crippen molar-refractivity contribution in [2.75, 3.05) is 11.9 Å². The lowest BCUT2D eigenvalue weighted by atomic mass is 9.81. The molecule has 29 heavy (non-hydrogen) atoms. The molecule has 0 radical (unpaired) electrons. The van der Waals surface area contributed by atoms with Crippen LogP contribution in [0.4, 0.5) is 5.69 Å². The Hall–Kier alpha value is -3.12. The molecule has 146 valence electrons. The molecule has 0 spiro atoms. The van der Waals surface area contributed by atoms with E-state index < -0.39 is 10.7 Å². The molecule has 4 rings (SSSR count). The minimum atomic E-state index is -1.08. The van der Waals surface area contributed by atoms with Gasteiger partial charge in [-0.2, -0.15) is 0 Å². The number of nitro groups is 1. The lowest BCUT2D eigenvalue weighted by Gasteiger charge is -2.33. The maximum absolute atomic E-state index is 13.4. The van der Waals surface area contributed by atoms with E-state index in [2.05, 4.69) is 5.32 Å². The van der Waals surface area contributed by atoms with E-state index in [0.29, 0.717) is 5.75 Å². The first kappa shape index (κ1) is 19.2. The van der Waals surface area contributed by atoms with E-state index in [1.54, 1.807) is 0 Å². The summed E-state index contributed by atoms with van der Waals surface area (Å²) in [5.41, 5.74) is 3.39. The van der Waals surface area contributed by atoms with Gasteiger partial charge in [0.2, 0.25) is 12.5 Å². The van der Waals surface area contributed by atoms with E-state index in [9.17, 15) is 14.9 Å². The highest BCUT2D eigenvalue weighted by molar-refractivity contribution is 8.00. The second-order valence-corrected chi connectivity index (χ2v) is 8.21. The lowest BCUT2D eigenvalue weighted by Crippen LogP contribution is -2.40. The van der Waals surface area contributed by atoms with Gasteiger partial charge in [-0.3, -0.25) is 14.9 Å². The molecule has 1 heterocycles. The number of hydrogen-bond acceptors (Lipinski definition) is 4. The normalized spacial score (nSPS) is 18.7. The standard InChI is InChI=1S/C23H20N2O3S/c26-22-23(19-13-7-8-14-21(19)24-22,29-16-17-9-3-1-4-10-17)20(15-25(27)28)18-11-5-2-6-12-18/h1-14,20H,15-16H2,(H,24,26)/t20-,23+/m1/s1. The number of rotatable bonds is 7. The third kappa shape index (κ3) is 3.63. The molecule has 0 fully saturated rings. The Bertz CT molecular complexity index is 1030. The van der Waals surface area contributed by atoms with Gasteiger partial charge < -0.3 is 5.32 Å². The zero-order valence-corrected chi connectivity index (χ0v) is 16.5. The highest BCUT2D eigenvalue weighted by Gasteiger charge is 2.55. The summed E-state index contributed by atoms with van der Waals surface area (Å²) in [7, 11) is 0. The summed E-state index contributed by atoms with van der Waals surface area (Å²) in [6.45, 7) is -0.326. The molecule has 6 heteroatoms. The number of thioether (sulfide) groups is 1. The minimum absolute atomic E-state index is 0.199. The number of amides is 1. The molecule has 1 N–H and O–H groups in total. The van der Waals surface area contributed by atoms with Crippen LogP contribution < -0.4 is 5.32 Å². The van der Waals surface area contributed by atoms with Crippen LogP contribution in [-0.2, 0) is 15.3 Å². The van der Waals surface area contributed by atoms with E-state index in [1.807, 2.05) is 84.9 Å². The van der Waals surface area contributed by atoms with Crippen LogP contribution in [0.1, 0.15) is 22.6 Å². The number of hydrogen-bond donors (Lipinski definition) is 1. The molecule has 2 atom stereocenters. The molecule has 0 bridgehead atoms. The van der Waals surface area contributed by atoms with E-state index >= 15 is 0 Å². The van der Waals surface area contributed by atoms with Crippen LogP contribution in [0.3, 0.4) is 0 Å². The highest BCUT2D eigenvalue weighted by atomic mass is 32.2. The van der Waals surface area contributed by atoms with Crippen molar-refractivity contribution in [2.45, 2.75) is 16.4 Å². The molecule has 1 aliphatic heterocycles. The number of nitrogens with zero attached hydrogens (tertiary/aromatic N) is 1. The molecule has 5 nitrogen and oxygen atoms in total. The maximum atomic E-state index is 13.4. The predicted molar refractivity (Wildman–Crippen MR) is 116 cm³/mol. The van der Waals surface area contributed by atoms with Crippen LogP contribution in [0.25, 0.3) is 0 Å². The zero-order valence-electron chi connectivity index (χ0n) is 15.7. The largest absolute Gasteiger partial charge is 0.324 e. The first-order valence-corrected chi connectivity index (χ1v) is 10.4. The number of para-hydroxylation sites is 1. The van der Waals surface area contributed by atoms with Crippen molar-refractivity contribution < 1.29 is 9.72 Å². The minimum Gasteiger partial charge on any atom is -0.324 e. The van der Waals surface area contributed by atoms with Gasteiger partial charge in [0.25, 0.3) is 0 Å². The fourth-order valence-electron chi connectivity index (χ4n) is 3.92. The zero-order chi connectivity index (χ0) is 20.3. The van der Waals surface area contributed by atoms with Gasteiger partial charge in [-0.15, -0.1) is 11.8 Å². The topological polar surface area (TPSA) is 72.2 Å². The number of anilines is 1. The third-order valence-corrected chi connectivity index (χ3v) is 6.87. The molecular formula is C23H20N2O3S. The van der Waals surface area contributed by atoms with Crippen molar-refractivity contribution in [1.29, 1.82) is 0 Å². The molecule has 3 aromatic rings. The average Bonchev–Trinajstić information content (AvgIpc) is 3.04. The van der Waals surface area contributed by atoms with Gasteiger partial charge >= 0.3 is 0 Å². The summed E-state index contributed by atoms with van der Waals surface area (Å²) < 4.78 is -1.08. The van der Waals surface area contributed by atoms with Crippen LogP contribution in [0.2, 0.25) is 0 Å². The van der Waals surface area contributed by atoms with Crippen LogP contribution in [0.5, 0.6) is 0 Å². The van der Waals surface area contributed by atoms with E-state index in [1.165, 1.54) is 11.8 Å². The second-order valence-electron chi connectivity index (χ2n) is 6.99. The van der Waals surface area contributed by atoms with Crippen LogP contribution in [-0.4, -0.2) is 17.4 Å². The van der Waals surface area contributed by atoms with E-state index in [4.69, 9.17) is 0 Å². The Labute approximate surface area is 173 Å². The molecule has 1 amide bonds. The van der Waals surface area contributed by atoms with Gasteiger partial charge in [-0.1, -0.05) is 78.9 Å². The van der Waals surface area contributed by atoms with Crippen molar-refractivity contribution in [3.8, 4) is 0 Å². The van der Waals surface area contributed by atoms with E-state index in [0.717, 1.165) is 22.4 Å². The van der Waals surface area contributed by atoms with Crippen LogP contribution in [0, 0.1) is 10.1 Å². The van der Waals surface area contributed by atoms with E-state index in [-0.39, 0.29) is 17.4 Å².